The fourth-order valence-electron chi connectivity index (χ4n) is 3.91. The molecule has 0 saturated carbocycles. The molecule has 0 radical (unpaired) electrons. The van der Waals surface area contributed by atoms with Gasteiger partial charge in [0.2, 0.25) is 15.9 Å². The summed E-state index contributed by atoms with van der Waals surface area (Å²) in [5.74, 6) is -0.330. The molecule has 8 nitrogen and oxygen atoms in total. The van der Waals surface area contributed by atoms with Crippen molar-refractivity contribution in [1.82, 2.24) is 9.29 Å². The molecule has 35 heavy (non-hydrogen) atoms. The molecule has 0 unspecified atom stereocenters. The number of ether oxygens (including phenoxy) is 1. The number of sulfonamides is 1. The van der Waals surface area contributed by atoms with Gasteiger partial charge in [0.05, 0.1) is 29.4 Å². The molecule has 2 aromatic carbocycles. The number of thiazole rings is 1. The predicted octanol–water partition coefficient (Wildman–Crippen LogP) is 5.21. The van der Waals surface area contributed by atoms with Crippen molar-refractivity contribution in [3.8, 4) is 17.0 Å². The summed E-state index contributed by atoms with van der Waals surface area (Å²) in [4.78, 5) is 17.6. The van der Waals surface area contributed by atoms with Crippen molar-refractivity contribution in [2.45, 2.75) is 17.7 Å². The maximum atomic E-state index is 13.2. The van der Waals surface area contributed by atoms with Crippen LogP contribution in [0.1, 0.15) is 12.8 Å². The lowest BCUT2D eigenvalue weighted by atomic mass is 9.98. The summed E-state index contributed by atoms with van der Waals surface area (Å²) < 4.78 is 33.2. The van der Waals surface area contributed by atoms with Gasteiger partial charge in [0.15, 0.2) is 5.13 Å². The third-order valence-electron chi connectivity index (χ3n) is 5.74. The Kier molecular flexibility index (Phi) is 7.87. The SMILES string of the molecule is CNc1nc(-c2ccc(OC)c(NC(=O)[C@@H]3CCCN(S(=O)(=O)c4cc(Cl)ccc4Cl)C3)c2)cs1. The molecule has 1 aliphatic heterocycles. The first kappa shape index (κ1) is 25.7. The van der Waals surface area contributed by atoms with Crippen LogP contribution in [0.4, 0.5) is 10.8 Å². The summed E-state index contributed by atoms with van der Waals surface area (Å²) in [7, 11) is -0.585. The Morgan fingerprint density at radius 3 is 2.74 bits per heavy atom. The third-order valence-corrected chi connectivity index (χ3v) is 9.18. The van der Waals surface area contributed by atoms with E-state index in [0.717, 1.165) is 16.4 Å². The first-order valence-corrected chi connectivity index (χ1v) is 13.9. The van der Waals surface area contributed by atoms with Gasteiger partial charge in [-0.05, 0) is 49.2 Å². The molecule has 1 aliphatic rings. The fraction of sp³-hybridized carbons (Fsp3) is 0.304. The van der Waals surface area contributed by atoms with Crippen LogP contribution < -0.4 is 15.4 Å². The standard InChI is InChI=1S/C23H24Cl2N4O4S2/c1-26-23-28-19(13-34-23)14-5-8-20(33-2)18(10-14)27-22(30)15-4-3-9-29(12-15)35(31,32)21-11-16(24)6-7-17(21)25/h5-8,10-11,13,15H,3-4,9,12H2,1-2H3,(H,26,28)(H,27,30)/t15-/m1/s1. The molecular formula is C23H24Cl2N4O4S2. The van der Waals surface area contributed by atoms with Crippen molar-refractivity contribution in [2.75, 3.05) is 37.9 Å². The summed E-state index contributed by atoms with van der Waals surface area (Å²) in [5, 5.41) is 8.99. The zero-order valence-electron chi connectivity index (χ0n) is 19.0. The highest BCUT2D eigenvalue weighted by atomic mass is 35.5. The molecule has 0 bridgehead atoms. The second kappa shape index (κ2) is 10.7. The number of carbonyl (C=O) groups is 1. The van der Waals surface area contributed by atoms with Gasteiger partial charge in [-0.2, -0.15) is 4.31 Å². The monoisotopic (exact) mass is 554 g/mol. The first-order chi connectivity index (χ1) is 16.7. The number of hydrogen-bond acceptors (Lipinski definition) is 7. The number of anilines is 2. The predicted molar refractivity (Wildman–Crippen MR) is 140 cm³/mol. The maximum absolute atomic E-state index is 13.2. The van der Waals surface area contributed by atoms with Crippen LogP contribution in [0.15, 0.2) is 46.7 Å². The minimum atomic E-state index is -3.91. The van der Waals surface area contributed by atoms with Crippen molar-refractivity contribution in [3.63, 3.8) is 0 Å². The molecule has 1 saturated heterocycles. The maximum Gasteiger partial charge on any atom is 0.244 e. The van der Waals surface area contributed by atoms with E-state index in [1.54, 1.807) is 19.2 Å². The Morgan fingerprint density at radius 1 is 1.23 bits per heavy atom. The van der Waals surface area contributed by atoms with Crippen LogP contribution in [0, 0.1) is 5.92 Å². The van der Waals surface area contributed by atoms with Crippen LogP contribution >= 0.6 is 34.5 Å². The van der Waals surface area contributed by atoms with Gasteiger partial charge in [-0.1, -0.05) is 23.2 Å². The highest BCUT2D eigenvalue weighted by molar-refractivity contribution is 7.89. The van der Waals surface area contributed by atoms with Crippen molar-refractivity contribution in [2.24, 2.45) is 5.92 Å². The van der Waals surface area contributed by atoms with E-state index in [1.165, 1.54) is 41.0 Å². The average molecular weight is 556 g/mol. The molecule has 186 valence electrons. The first-order valence-electron chi connectivity index (χ1n) is 10.8. The molecular weight excluding hydrogens is 531 g/mol. The lowest BCUT2D eigenvalue weighted by Crippen LogP contribution is -2.43. The van der Waals surface area contributed by atoms with E-state index in [1.807, 2.05) is 11.4 Å². The summed E-state index contributed by atoms with van der Waals surface area (Å²) in [6.45, 7) is 0.335. The van der Waals surface area contributed by atoms with E-state index in [0.29, 0.717) is 30.8 Å². The van der Waals surface area contributed by atoms with E-state index in [2.05, 4.69) is 15.6 Å². The summed E-state index contributed by atoms with van der Waals surface area (Å²) >= 11 is 13.6. The molecule has 1 atom stereocenters. The van der Waals surface area contributed by atoms with Crippen LogP contribution in [0.2, 0.25) is 10.0 Å². The van der Waals surface area contributed by atoms with Crippen LogP contribution in [0.3, 0.4) is 0 Å². The number of nitrogens with zero attached hydrogens (tertiary/aromatic N) is 2. The van der Waals surface area contributed by atoms with Crippen molar-refractivity contribution < 1.29 is 17.9 Å². The third kappa shape index (κ3) is 5.57. The Balaban J connectivity index is 1.54. The van der Waals surface area contributed by atoms with Crippen LogP contribution in [-0.4, -0.2) is 50.9 Å². The zero-order valence-corrected chi connectivity index (χ0v) is 22.2. The van der Waals surface area contributed by atoms with Crippen LogP contribution in [0.5, 0.6) is 5.75 Å². The zero-order chi connectivity index (χ0) is 25.2. The fourth-order valence-corrected chi connectivity index (χ4v) is 6.85. The number of nitrogens with one attached hydrogen (secondary N) is 2. The number of halogens is 2. The molecule has 4 rings (SSSR count). The molecule has 1 amide bonds. The number of hydrogen-bond donors (Lipinski definition) is 2. The van der Waals surface area contributed by atoms with Crippen LogP contribution in [0.25, 0.3) is 11.3 Å². The molecule has 3 aromatic rings. The normalized spacial score (nSPS) is 16.6. The number of amides is 1. The van der Waals surface area contributed by atoms with Gasteiger partial charge in [-0.3, -0.25) is 4.79 Å². The highest BCUT2D eigenvalue weighted by Gasteiger charge is 2.34. The van der Waals surface area contributed by atoms with Crippen molar-refractivity contribution in [1.29, 1.82) is 0 Å². The summed E-state index contributed by atoms with van der Waals surface area (Å²) in [6, 6.07) is 9.74. The summed E-state index contributed by atoms with van der Waals surface area (Å²) in [5.41, 5.74) is 2.08. The molecule has 0 spiro atoms. The van der Waals surface area contributed by atoms with E-state index in [4.69, 9.17) is 27.9 Å². The Labute approximate surface area is 218 Å². The van der Waals surface area contributed by atoms with Crippen LogP contribution in [-0.2, 0) is 14.8 Å². The molecule has 2 heterocycles. The van der Waals surface area contributed by atoms with Crippen molar-refractivity contribution >= 4 is 61.3 Å². The minimum absolute atomic E-state index is 0.0383. The van der Waals surface area contributed by atoms with E-state index >= 15 is 0 Å². The molecule has 2 N–H and O–H groups in total. The molecule has 1 fully saturated rings. The van der Waals surface area contributed by atoms with E-state index < -0.39 is 15.9 Å². The Bertz CT molecular complexity index is 1350. The number of aromatic nitrogens is 1. The van der Waals surface area contributed by atoms with Crippen molar-refractivity contribution in [3.05, 3.63) is 51.8 Å². The van der Waals surface area contributed by atoms with Gasteiger partial charge in [0, 0.05) is 36.1 Å². The topological polar surface area (TPSA) is 101 Å². The number of methoxy groups -OCH3 is 1. The van der Waals surface area contributed by atoms with Gasteiger partial charge in [0.25, 0.3) is 0 Å². The van der Waals surface area contributed by atoms with E-state index in [9.17, 15) is 13.2 Å². The lowest BCUT2D eigenvalue weighted by Gasteiger charge is -2.31. The minimum Gasteiger partial charge on any atom is -0.495 e. The second-order valence-electron chi connectivity index (χ2n) is 7.97. The molecule has 1 aromatic heterocycles. The average Bonchev–Trinajstić information content (AvgIpc) is 3.35. The number of rotatable bonds is 7. The molecule has 12 heteroatoms. The Morgan fingerprint density at radius 2 is 2.03 bits per heavy atom. The molecule has 0 aliphatic carbocycles. The van der Waals surface area contributed by atoms with Gasteiger partial charge in [-0.15, -0.1) is 11.3 Å². The number of carbonyl (C=O) groups excluding carboxylic acids is 1. The Hall–Kier alpha value is -2.37. The second-order valence-corrected chi connectivity index (χ2v) is 11.6. The van der Waals surface area contributed by atoms with Gasteiger partial charge in [0.1, 0.15) is 10.6 Å². The van der Waals surface area contributed by atoms with E-state index in [-0.39, 0.29) is 27.4 Å². The number of benzene rings is 2. The number of piperidine rings is 1. The van der Waals surface area contributed by atoms with Gasteiger partial charge < -0.3 is 15.4 Å². The van der Waals surface area contributed by atoms with Gasteiger partial charge >= 0.3 is 0 Å². The summed E-state index contributed by atoms with van der Waals surface area (Å²) in [6.07, 6.45) is 1.10. The largest absolute Gasteiger partial charge is 0.495 e. The quantitative estimate of drug-likeness (QED) is 0.416. The smallest absolute Gasteiger partial charge is 0.244 e. The van der Waals surface area contributed by atoms with Gasteiger partial charge in [-0.25, -0.2) is 13.4 Å². The highest BCUT2D eigenvalue weighted by Crippen LogP contribution is 2.34. The lowest BCUT2D eigenvalue weighted by molar-refractivity contribution is -0.120.